The summed E-state index contributed by atoms with van der Waals surface area (Å²) in [6.45, 7) is 8.21. The molecule has 0 N–H and O–H groups in total. The van der Waals surface area contributed by atoms with E-state index in [1.807, 2.05) is 28.6 Å². The Labute approximate surface area is 125 Å². The molecule has 0 aromatic carbocycles. The third-order valence-electron chi connectivity index (χ3n) is 3.50. The minimum atomic E-state index is -0.0134. The highest BCUT2D eigenvalue weighted by atomic mass is 16.2. The first-order valence-electron chi connectivity index (χ1n) is 7.36. The largest absolute Gasteiger partial charge is 0.334 e. The van der Waals surface area contributed by atoms with Crippen molar-refractivity contribution in [2.45, 2.75) is 46.8 Å². The number of carbonyl (C=O) groups is 1. The highest BCUT2D eigenvalue weighted by molar-refractivity contribution is 5.94. The molecule has 0 aliphatic carbocycles. The van der Waals surface area contributed by atoms with Gasteiger partial charge in [0, 0.05) is 38.7 Å². The molecule has 0 aliphatic heterocycles. The van der Waals surface area contributed by atoms with Gasteiger partial charge in [-0.3, -0.25) is 9.48 Å². The zero-order valence-corrected chi connectivity index (χ0v) is 13.2. The fourth-order valence-corrected chi connectivity index (χ4v) is 2.34. The first-order chi connectivity index (χ1) is 10.1. The van der Waals surface area contributed by atoms with Gasteiger partial charge in [-0.05, 0) is 20.3 Å². The summed E-state index contributed by atoms with van der Waals surface area (Å²) in [7, 11) is 1.80. The highest BCUT2D eigenvalue weighted by Crippen LogP contribution is 2.11. The molecular formula is C15H23N5O. The predicted molar refractivity (Wildman–Crippen MR) is 81.0 cm³/mol. The summed E-state index contributed by atoms with van der Waals surface area (Å²) in [5.41, 5.74) is 1.44. The molecule has 2 heterocycles. The van der Waals surface area contributed by atoms with E-state index in [1.165, 1.54) is 0 Å². The number of carbonyl (C=O) groups excluding carboxylic acids is 1. The molecule has 0 radical (unpaired) electrons. The molecule has 0 fully saturated rings. The molecule has 0 aliphatic rings. The maximum atomic E-state index is 12.5. The van der Waals surface area contributed by atoms with Crippen molar-refractivity contribution in [3.05, 3.63) is 35.7 Å². The van der Waals surface area contributed by atoms with Crippen molar-refractivity contribution in [2.24, 2.45) is 0 Å². The van der Waals surface area contributed by atoms with Gasteiger partial charge in [-0.15, -0.1) is 0 Å². The van der Waals surface area contributed by atoms with Crippen LogP contribution in [0.2, 0.25) is 0 Å². The predicted octanol–water partition coefficient (Wildman–Crippen LogP) is 2.09. The van der Waals surface area contributed by atoms with Gasteiger partial charge in [0.15, 0.2) is 0 Å². The molecule has 6 nitrogen and oxygen atoms in total. The van der Waals surface area contributed by atoms with Gasteiger partial charge < -0.3 is 9.47 Å². The molecule has 0 spiro atoms. The lowest BCUT2D eigenvalue weighted by Gasteiger charge is -2.17. The van der Waals surface area contributed by atoms with Crippen molar-refractivity contribution < 1.29 is 4.79 Å². The van der Waals surface area contributed by atoms with Crippen LogP contribution in [0.5, 0.6) is 0 Å². The Balaban J connectivity index is 2.12. The molecular weight excluding hydrogens is 266 g/mol. The lowest BCUT2D eigenvalue weighted by molar-refractivity contribution is 0.0779. The van der Waals surface area contributed by atoms with Crippen LogP contribution >= 0.6 is 0 Å². The first kappa shape index (κ1) is 15.3. The van der Waals surface area contributed by atoms with Gasteiger partial charge in [0.25, 0.3) is 5.91 Å². The van der Waals surface area contributed by atoms with Crippen LogP contribution < -0.4 is 0 Å². The van der Waals surface area contributed by atoms with Gasteiger partial charge in [0.05, 0.1) is 17.8 Å². The average Bonchev–Trinajstić information content (AvgIpc) is 3.04. The Morgan fingerprint density at radius 1 is 1.38 bits per heavy atom. The topological polar surface area (TPSA) is 56.0 Å². The Hall–Kier alpha value is -2.11. The molecule has 2 aromatic rings. The Kier molecular flexibility index (Phi) is 4.77. The summed E-state index contributed by atoms with van der Waals surface area (Å²) in [4.78, 5) is 18.5. The van der Waals surface area contributed by atoms with Crippen LogP contribution in [0, 0.1) is 6.92 Å². The quantitative estimate of drug-likeness (QED) is 0.818. The smallest absolute Gasteiger partial charge is 0.257 e. The number of nitrogens with zero attached hydrogens (tertiary/aromatic N) is 5. The van der Waals surface area contributed by atoms with Gasteiger partial charge >= 0.3 is 0 Å². The average molecular weight is 289 g/mol. The summed E-state index contributed by atoms with van der Waals surface area (Å²) in [5.74, 6) is 0.882. The molecule has 6 heteroatoms. The summed E-state index contributed by atoms with van der Waals surface area (Å²) in [6, 6.07) is 0. The third kappa shape index (κ3) is 3.32. The van der Waals surface area contributed by atoms with Gasteiger partial charge in [-0.25, -0.2) is 4.98 Å². The van der Waals surface area contributed by atoms with E-state index in [1.54, 1.807) is 18.1 Å². The number of aromatic nitrogens is 4. The van der Waals surface area contributed by atoms with E-state index < -0.39 is 0 Å². The van der Waals surface area contributed by atoms with Crippen LogP contribution in [0.15, 0.2) is 18.6 Å². The van der Waals surface area contributed by atoms with Crippen LogP contribution in [-0.4, -0.2) is 37.2 Å². The normalized spacial score (nSPS) is 10.9. The SMILES string of the molecule is CCCn1cc(C(=O)N(C)Cc2nccn2CC)c(C)n1. The summed E-state index contributed by atoms with van der Waals surface area (Å²) in [6.07, 6.45) is 6.53. The molecule has 2 aromatic heterocycles. The van der Waals surface area contributed by atoms with Gasteiger partial charge in [0.2, 0.25) is 0 Å². The Morgan fingerprint density at radius 2 is 2.14 bits per heavy atom. The molecule has 1 amide bonds. The molecule has 0 atom stereocenters. The molecule has 0 unspecified atom stereocenters. The van der Waals surface area contributed by atoms with E-state index in [0.717, 1.165) is 31.0 Å². The second-order valence-corrected chi connectivity index (χ2v) is 5.18. The van der Waals surface area contributed by atoms with Crippen LogP contribution in [0.3, 0.4) is 0 Å². The summed E-state index contributed by atoms with van der Waals surface area (Å²) < 4.78 is 3.88. The second kappa shape index (κ2) is 6.56. The molecule has 0 saturated carbocycles. The van der Waals surface area contributed by atoms with Crippen molar-refractivity contribution in [3.63, 3.8) is 0 Å². The zero-order valence-electron chi connectivity index (χ0n) is 13.2. The van der Waals surface area contributed by atoms with Crippen LogP contribution in [0.4, 0.5) is 0 Å². The van der Waals surface area contributed by atoms with Crippen molar-refractivity contribution in [2.75, 3.05) is 7.05 Å². The number of hydrogen-bond donors (Lipinski definition) is 0. The molecule has 2 rings (SSSR count). The highest BCUT2D eigenvalue weighted by Gasteiger charge is 2.18. The number of amides is 1. The minimum Gasteiger partial charge on any atom is -0.334 e. The number of imidazole rings is 1. The van der Waals surface area contributed by atoms with Crippen molar-refractivity contribution in [3.8, 4) is 0 Å². The first-order valence-corrected chi connectivity index (χ1v) is 7.36. The molecule has 114 valence electrons. The molecule has 0 bridgehead atoms. The lowest BCUT2D eigenvalue weighted by Crippen LogP contribution is -2.28. The van der Waals surface area contributed by atoms with E-state index in [2.05, 4.69) is 23.9 Å². The summed E-state index contributed by atoms with van der Waals surface area (Å²) >= 11 is 0. The van der Waals surface area contributed by atoms with Crippen molar-refractivity contribution >= 4 is 5.91 Å². The third-order valence-corrected chi connectivity index (χ3v) is 3.50. The zero-order chi connectivity index (χ0) is 15.4. The maximum Gasteiger partial charge on any atom is 0.257 e. The maximum absolute atomic E-state index is 12.5. The Morgan fingerprint density at radius 3 is 2.81 bits per heavy atom. The minimum absolute atomic E-state index is 0.0134. The van der Waals surface area contributed by atoms with Gasteiger partial charge in [-0.2, -0.15) is 5.10 Å². The number of rotatable bonds is 6. The van der Waals surface area contributed by atoms with Crippen molar-refractivity contribution in [1.82, 2.24) is 24.2 Å². The number of aryl methyl sites for hydroxylation is 3. The monoisotopic (exact) mass is 289 g/mol. The fraction of sp³-hybridized carbons (Fsp3) is 0.533. The van der Waals surface area contributed by atoms with E-state index in [9.17, 15) is 4.79 Å². The molecule has 21 heavy (non-hydrogen) atoms. The fourth-order valence-electron chi connectivity index (χ4n) is 2.34. The standard InChI is InChI=1S/C15H23N5O/c1-5-8-20-10-13(12(3)17-20)15(21)18(4)11-14-16-7-9-19(14)6-2/h7,9-10H,5-6,8,11H2,1-4H3. The number of hydrogen-bond acceptors (Lipinski definition) is 3. The van der Waals surface area contributed by atoms with E-state index in [0.29, 0.717) is 12.1 Å². The summed E-state index contributed by atoms with van der Waals surface area (Å²) in [5, 5.41) is 4.38. The van der Waals surface area contributed by atoms with Crippen molar-refractivity contribution in [1.29, 1.82) is 0 Å². The van der Waals surface area contributed by atoms with E-state index >= 15 is 0 Å². The van der Waals surface area contributed by atoms with E-state index in [-0.39, 0.29) is 5.91 Å². The van der Waals surface area contributed by atoms with Crippen LogP contribution in [-0.2, 0) is 19.6 Å². The Bertz CT molecular complexity index is 613. The van der Waals surface area contributed by atoms with Crippen LogP contribution in [0.25, 0.3) is 0 Å². The second-order valence-electron chi connectivity index (χ2n) is 5.18. The van der Waals surface area contributed by atoms with Gasteiger partial charge in [-0.1, -0.05) is 6.92 Å². The van der Waals surface area contributed by atoms with Gasteiger partial charge in [0.1, 0.15) is 5.82 Å². The lowest BCUT2D eigenvalue weighted by atomic mass is 10.2. The molecule has 0 saturated heterocycles. The van der Waals surface area contributed by atoms with E-state index in [4.69, 9.17) is 0 Å². The van der Waals surface area contributed by atoms with Crippen LogP contribution in [0.1, 0.15) is 42.1 Å².